The molecule has 0 spiro atoms. The minimum atomic E-state index is -0.732. The van der Waals surface area contributed by atoms with E-state index in [2.05, 4.69) is 25.4 Å². The molecule has 1 aromatic rings. The molecule has 1 saturated heterocycles. The predicted molar refractivity (Wildman–Crippen MR) is 105 cm³/mol. The second-order valence-electron chi connectivity index (χ2n) is 8.22. The van der Waals surface area contributed by atoms with Crippen molar-refractivity contribution in [3.05, 3.63) is 29.7 Å². The van der Waals surface area contributed by atoms with Crippen LogP contribution in [0.3, 0.4) is 0 Å². The van der Waals surface area contributed by atoms with Gasteiger partial charge in [0.15, 0.2) is 0 Å². The molecule has 28 heavy (non-hydrogen) atoms. The third kappa shape index (κ3) is 3.40. The second kappa shape index (κ2) is 6.79. The molecule has 0 amide bonds. The topological polar surface area (TPSA) is 79.7 Å². The number of nitrogens with zero attached hydrogens (tertiary/aromatic N) is 4. The maximum absolute atomic E-state index is 14.5. The number of fused-ring (bicyclic) bond motifs is 1. The standard InChI is InChI=1S/C19H24FN5O2S/c1-19(2-3-19)27-16-8-12-14(9-13(16)20)23-24-18(12)15-10-17(22-11-21-15)25-4-6-28(26)7-5-25/h10-12,14,23H,2-9H2,1H3/t12-,14+/m0/s1. The van der Waals surface area contributed by atoms with E-state index < -0.39 is 10.8 Å². The van der Waals surface area contributed by atoms with Crippen LogP contribution in [0.1, 0.15) is 38.3 Å². The van der Waals surface area contributed by atoms with Crippen LogP contribution < -0.4 is 10.3 Å². The number of hydrogen-bond donors (Lipinski definition) is 1. The van der Waals surface area contributed by atoms with Crippen LogP contribution in [0.4, 0.5) is 10.2 Å². The molecule has 0 aromatic carbocycles. The van der Waals surface area contributed by atoms with Crippen LogP contribution in [0.5, 0.6) is 0 Å². The summed E-state index contributed by atoms with van der Waals surface area (Å²) >= 11 is 0. The van der Waals surface area contributed by atoms with Gasteiger partial charge in [-0.1, -0.05) is 0 Å². The first kappa shape index (κ1) is 18.0. The Bertz CT molecular complexity index is 875. The van der Waals surface area contributed by atoms with E-state index in [1.165, 1.54) is 0 Å². The highest BCUT2D eigenvalue weighted by atomic mass is 32.2. The quantitative estimate of drug-likeness (QED) is 0.824. The monoisotopic (exact) mass is 405 g/mol. The maximum atomic E-state index is 14.5. The largest absolute Gasteiger partial charge is 0.489 e. The van der Waals surface area contributed by atoms with Crippen LogP contribution in [0.15, 0.2) is 29.1 Å². The number of halogens is 1. The summed E-state index contributed by atoms with van der Waals surface area (Å²) in [4.78, 5) is 11.0. The Morgan fingerprint density at radius 1 is 1.29 bits per heavy atom. The zero-order valence-electron chi connectivity index (χ0n) is 15.9. The van der Waals surface area contributed by atoms with Gasteiger partial charge >= 0.3 is 0 Å². The van der Waals surface area contributed by atoms with E-state index in [1.807, 2.05) is 13.0 Å². The van der Waals surface area contributed by atoms with Gasteiger partial charge in [-0.15, -0.1) is 0 Å². The zero-order valence-corrected chi connectivity index (χ0v) is 16.7. The molecule has 2 atom stereocenters. The molecule has 0 radical (unpaired) electrons. The number of nitrogens with one attached hydrogen (secondary N) is 1. The van der Waals surface area contributed by atoms with Crippen molar-refractivity contribution < 1.29 is 13.3 Å². The average Bonchev–Trinajstić information content (AvgIpc) is 3.28. The number of aromatic nitrogens is 2. The molecule has 4 aliphatic rings. The normalized spacial score (nSPS) is 29.2. The SMILES string of the molecule is CC1(OC2=C(F)C[C@H]3NN=C(c4cc(N5CCS(=O)CC5)ncn4)[C@H]3C2)CC1. The van der Waals surface area contributed by atoms with Crippen molar-refractivity contribution >= 4 is 22.3 Å². The van der Waals surface area contributed by atoms with Gasteiger partial charge < -0.3 is 15.1 Å². The summed E-state index contributed by atoms with van der Waals surface area (Å²) in [5.74, 6) is 2.50. The van der Waals surface area contributed by atoms with Crippen LogP contribution in [0.25, 0.3) is 0 Å². The molecule has 0 unspecified atom stereocenters. The summed E-state index contributed by atoms with van der Waals surface area (Å²) in [5, 5.41) is 4.49. The van der Waals surface area contributed by atoms with E-state index in [4.69, 9.17) is 4.74 Å². The number of hydrogen-bond acceptors (Lipinski definition) is 7. The third-order valence-corrected chi connectivity index (χ3v) is 7.31. The summed E-state index contributed by atoms with van der Waals surface area (Å²) in [7, 11) is -0.732. The third-order valence-electron chi connectivity index (χ3n) is 6.04. The fourth-order valence-corrected chi connectivity index (χ4v) is 5.06. The van der Waals surface area contributed by atoms with Crippen molar-refractivity contribution in [3.8, 4) is 0 Å². The first-order chi connectivity index (χ1) is 13.5. The summed E-state index contributed by atoms with van der Waals surface area (Å²) in [6.07, 6.45) is 4.30. The molecule has 3 heterocycles. The van der Waals surface area contributed by atoms with E-state index in [-0.39, 0.29) is 23.4 Å². The van der Waals surface area contributed by atoms with Gasteiger partial charge in [-0.25, -0.2) is 14.4 Å². The molecule has 1 aromatic heterocycles. The van der Waals surface area contributed by atoms with E-state index >= 15 is 0 Å². The average molecular weight is 405 g/mol. The summed E-state index contributed by atoms with van der Waals surface area (Å²) in [6, 6.07) is 1.87. The molecule has 2 aliphatic carbocycles. The van der Waals surface area contributed by atoms with E-state index in [1.54, 1.807) is 6.33 Å². The Balaban J connectivity index is 1.36. The van der Waals surface area contributed by atoms with Crippen LogP contribution in [-0.2, 0) is 15.5 Å². The molecule has 2 aliphatic heterocycles. The lowest BCUT2D eigenvalue weighted by Crippen LogP contribution is -2.38. The number of anilines is 1. The molecule has 2 fully saturated rings. The number of ether oxygens (including phenoxy) is 1. The Kier molecular flexibility index (Phi) is 4.37. The fraction of sp³-hybridized carbons (Fsp3) is 0.632. The van der Waals surface area contributed by atoms with E-state index in [0.717, 1.165) is 43.2 Å². The molecular weight excluding hydrogens is 381 g/mol. The van der Waals surface area contributed by atoms with Gasteiger partial charge in [0.05, 0.1) is 17.4 Å². The lowest BCUT2D eigenvalue weighted by Gasteiger charge is -2.29. The molecular formula is C19H24FN5O2S. The number of hydrazone groups is 1. The lowest BCUT2D eigenvalue weighted by molar-refractivity contribution is 0.0845. The summed E-state index contributed by atoms with van der Waals surface area (Å²) in [5.41, 5.74) is 4.49. The number of allylic oxidation sites excluding steroid dienone is 1. The van der Waals surface area contributed by atoms with Crippen molar-refractivity contribution in [1.82, 2.24) is 15.4 Å². The molecule has 1 saturated carbocycles. The Hall–Kier alpha value is -2.03. The van der Waals surface area contributed by atoms with Crippen molar-refractivity contribution in [3.63, 3.8) is 0 Å². The minimum Gasteiger partial charge on any atom is -0.489 e. The van der Waals surface area contributed by atoms with Crippen LogP contribution >= 0.6 is 0 Å². The van der Waals surface area contributed by atoms with Gasteiger partial charge in [-0.3, -0.25) is 4.21 Å². The van der Waals surface area contributed by atoms with Crippen LogP contribution in [0.2, 0.25) is 0 Å². The second-order valence-corrected chi connectivity index (χ2v) is 9.92. The molecule has 150 valence electrons. The highest BCUT2D eigenvalue weighted by molar-refractivity contribution is 7.85. The highest BCUT2D eigenvalue weighted by Crippen LogP contribution is 2.45. The predicted octanol–water partition coefficient (Wildman–Crippen LogP) is 1.88. The van der Waals surface area contributed by atoms with Gasteiger partial charge in [0.1, 0.15) is 29.3 Å². The zero-order chi connectivity index (χ0) is 19.3. The van der Waals surface area contributed by atoms with E-state index in [0.29, 0.717) is 30.1 Å². The van der Waals surface area contributed by atoms with Gasteiger partial charge in [-0.2, -0.15) is 5.10 Å². The van der Waals surface area contributed by atoms with Crippen molar-refractivity contribution in [2.45, 2.75) is 44.2 Å². The maximum Gasteiger partial charge on any atom is 0.140 e. The number of rotatable bonds is 4. The van der Waals surface area contributed by atoms with Gasteiger partial charge in [0, 0.05) is 60.2 Å². The summed E-state index contributed by atoms with van der Waals surface area (Å²) < 4.78 is 32.1. The molecule has 1 N–H and O–H groups in total. The minimum absolute atomic E-state index is 0.0356. The lowest BCUT2D eigenvalue weighted by atomic mass is 9.84. The Morgan fingerprint density at radius 2 is 2.07 bits per heavy atom. The first-order valence-electron chi connectivity index (χ1n) is 9.83. The highest BCUT2D eigenvalue weighted by Gasteiger charge is 2.45. The molecule has 0 bridgehead atoms. The molecule has 9 heteroatoms. The van der Waals surface area contributed by atoms with Crippen molar-refractivity contribution in [2.24, 2.45) is 11.0 Å². The fourth-order valence-electron chi connectivity index (χ4n) is 4.01. The van der Waals surface area contributed by atoms with Crippen LogP contribution in [0, 0.1) is 5.92 Å². The smallest absolute Gasteiger partial charge is 0.140 e. The first-order valence-corrected chi connectivity index (χ1v) is 11.3. The van der Waals surface area contributed by atoms with Crippen molar-refractivity contribution in [1.29, 1.82) is 0 Å². The van der Waals surface area contributed by atoms with E-state index in [9.17, 15) is 8.60 Å². The molecule has 5 rings (SSSR count). The molecule has 7 nitrogen and oxygen atoms in total. The van der Waals surface area contributed by atoms with Crippen molar-refractivity contribution in [2.75, 3.05) is 29.5 Å². The Labute approximate surface area is 165 Å². The van der Waals surface area contributed by atoms with Gasteiger partial charge in [0.25, 0.3) is 0 Å². The van der Waals surface area contributed by atoms with Gasteiger partial charge in [0.2, 0.25) is 0 Å². The van der Waals surface area contributed by atoms with Gasteiger partial charge in [-0.05, 0) is 19.8 Å². The Morgan fingerprint density at radius 3 is 2.82 bits per heavy atom. The van der Waals surface area contributed by atoms with Crippen LogP contribution in [-0.4, -0.2) is 56.1 Å². The summed E-state index contributed by atoms with van der Waals surface area (Å²) in [6.45, 7) is 3.48.